The quantitative estimate of drug-likeness (QED) is 0.176. The average Bonchev–Trinajstić information content (AvgIpc) is 3.33. The van der Waals surface area contributed by atoms with Crippen molar-refractivity contribution >= 4 is 34.1 Å². The minimum atomic E-state index is -0.929. The van der Waals surface area contributed by atoms with Gasteiger partial charge in [0.1, 0.15) is 0 Å². The number of Topliss-reactive ketones (excluding diaryl/α,β-unsaturated/α-hetero) is 1. The molecule has 10 heteroatoms. The van der Waals surface area contributed by atoms with E-state index in [0.717, 1.165) is 76.7 Å². The lowest BCUT2D eigenvalue weighted by atomic mass is 9.97. The summed E-state index contributed by atoms with van der Waals surface area (Å²) in [5, 5.41) is 10.1. The number of benzene rings is 2. The number of anilines is 2. The summed E-state index contributed by atoms with van der Waals surface area (Å²) in [5.41, 5.74) is 5.44. The van der Waals surface area contributed by atoms with E-state index in [0.29, 0.717) is 18.4 Å². The van der Waals surface area contributed by atoms with Gasteiger partial charge < -0.3 is 15.0 Å². The van der Waals surface area contributed by atoms with E-state index in [2.05, 4.69) is 47.9 Å². The maximum absolute atomic E-state index is 13.3. The van der Waals surface area contributed by atoms with Crippen LogP contribution in [0.4, 0.5) is 16.3 Å². The predicted octanol–water partition coefficient (Wildman–Crippen LogP) is 6.68. The lowest BCUT2D eigenvalue weighted by molar-refractivity contribution is -0.116. The average molecular weight is 608 g/mol. The minimum absolute atomic E-state index is 0.0326. The van der Waals surface area contributed by atoms with Crippen LogP contribution in [-0.4, -0.2) is 56.7 Å². The van der Waals surface area contributed by atoms with E-state index in [9.17, 15) is 9.18 Å². The normalized spacial score (nSPS) is 15.5. The molecule has 1 unspecified atom stereocenters. The van der Waals surface area contributed by atoms with Gasteiger partial charge in [0, 0.05) is 55.9 Å². The number of hydrogen-bond donors (Lipinski definition) is 1. The van der Waals surface area contributed by atoms with Gasteiger partial charge in [-0.25, -0.2) is 4.39 Å². The van der Waals surface area contributed by atoms with Gasteiger partial charge in [0.25, 0.3) is 0 Å². The van der Waals surface area contributed by atoms with Crippen LogP contribution in [0.1, 0.15) is 55.7 Å². The topological polar surface area (TPSA) is 97.5 Å². The third-order valence-corrected chi connectivity index (χ3v) is 8.50. The monoisotopic (exact) mass is 607 g/mol. The molecule has 6 rings (SSSR count). The Hall–Kier alpha value is -4.70. The molecule has 0 saturated carbocycles. The van der Waals surface area contributed by atoms with Gasteiger partial charge in [0.05, 0.1) is 18.0 Å². The Balaban J connectivity index is 1.33. The third-order valence-electron chi connectivity index (χ3n) is 8.50. The van der Waals surface area contributed by atoms with Crippen molar-refractivity contribution in [2.75, 3.05) is 30.4 Å². The summed E-state index contributed by atoms with van der Waals surface area (Å²) in [7, 11) is 1.78. The first kappa shape index (κ1) is 30.3. The van der Waals surface area contributed by atoms with E-state index >= 15 is 0 Å². The molecule has 0 bridgehead atoms. The lowest BCUT2D eigenvalue weighted by Gasteiger charge is -2.22. The summed E-state index contributed by atoms with van der Waals surface area (Å²) in [5.74, 6) is 0.0295. The van der Waals surface area contributed by atoms with Gasteiger partial charge in [0.2, 0.25) is 11.9 Å². The Bertz CT molecular complexity index is 1870. The molecule has 3 aromatic heterocycles. The summed E-state index contributed by atoms with van der Waals surface area (Å²) in [6.07, 6.45) is 6.82. The molecule has 0 radical (unpaired) electrons. The second kappa shape index (κ2) is 13.1. The van der Waals surface area contributed by atoms with Gasteiger partial charge in [-0.3, -0.25) is 9.78 Å². The SMILES string of the molecule is C=C(F)C(=O)Cc1ccc2c(-c3ccccc3CNc3nc(N4CCCC(OC)CC4)nc4c(C(C)C)cnn34)nccc2c1. The third kappa shape index (κ3) is 6.42. The maximum Gasteiger partial charge on any atom is 0.230 e. The van der Waals surface area contributed by atoms with Crippen molar-refractivity contribution in [3.63, 3.8) is 0 Å². The van der Waals surface area contributed by atoms with Crippen LogP contribution in [-0.2, 0) is 22.5 Å². The number of nitrogens with zero attached hydrogens (tertiary/aromatic N) is 6. The number of pyridine rings is 1. The molecule has 0 aliphatic carbocycles. The summed E-state index contributed by atoms with van der Waals surface area (Å²) in [4.78, 5) is 28.9. The Kier molecular flexibility index (Phi) is 8.84. The number of ether oxygens (including phenoxy) is 1. The molecule has 0 amide bonds. The van der Waals surface area contributed by atoms with Crippen LogP contribution in [0, 0.1) is 0 Å². The zero-order valence-electron chi connectivity index (χ0n) is 26.0. The molecular weight excluding hydrogens is 569 g/mol. The number of fused-ring (bicyclic) bond motifs is 2. The molecule has 4 heterocycles. The molecule has 2 aromatic carbocycles. The van der Waals surface area contributed by atoms with Crippen LogP contribution < -0.4 is 10.2 Å². The van der Waals surface area contributed by atoms with Crippen molar-refractivity contribution in [1.82, 2.24) is 24.6 Å². The highest BCUT2D eigenvalue weighted by Crippen LogP contribution is 2.31. The number of halogens is 1. The van der Waals surface area contributed by atoms with E-state index in [1.54, 1.807) is 17.8 Å². The van der Waals surface area contributed by atoms with Gasteiger partial charge >= 0.3 is 0 Å². The van der Waals surface area contributed by atoms with Crippen molar-refractivity contribution in [3.8, 4) is 11.3 Å². The summed E-state index contributed by atoms with van der Waals surface area (Å²) >= 11 is 0. The molecule has 1 N–H and O–H groups in total. The second-order valence-electron chi connectivity index (χ2n) is 11.8. The fourth-order valence-electron chi connectivity index (χ4n) is 5.96. The molecule has 232 valence electrons. The molecule has 45 heavy (non-hydrogen) atoms. The number of carbonyl (C=O) groups is 1. The van der Waals surface area contributed by atoms with Crippen molar-refractivity contribution in [2.24, 2.45) is 0 Å². The van der Waals surface area contributed by atoms with Crippen LogP contribution >= 0.6 is 0 Å². The first-order chi connectivity index (χ1) is 21.8. The number of methoxy groups -OCH3 is 1. The molecule has 5 aromatic rings. The molecule has 1 fully saturated rings. The number of hydrogen-bond acceptors (Lipinski definition) is 8. The highest BCUT2D eigenvalue weighted by Gasteiger charge is 2.22. The van der Waals surface area contributed by atoms with Crippen LogP contribution in [0.3, 0.4) is 0 Å². The van der Waals surface area contributed by atoms with E-state index in [1.807, 2.05) is 42.6 Å². The molecule has 1 atom stereocenters. The standard InChI is InChI=1S/C35H38FN7O2/c1-22(2)30-21-39-43-33(30)40-35(42-16-7-9-27(45-4)14-17-42)41-34(43)38-20-26-8-5-6-10-28(26)32-29-12-11-24(19-31(44)23(3)36)18-25(29)13-15-37-32/h5-6,8,10-13,15,18,21-22,27H,3,7,9,14,16-17,19-20H2,1-2,4H3,(H,38,40,41). The van der Waals surface area contributed by atoms with Crippen LogP contribution in [0.2, 0.25) is 0 Å². The second-order valence-corrected chi connectivity index (χ2v) is 11.8. The number of ketones is 1. The zero-order valence-corrected chi connectivity index (χ0v) is 26.0. The highest BCUT2D eigenvalue weighted by molar-refractivity contribution is 5.98. The summed E-state index contributed by atoms with van der Waals surface area (Å²) in [6, 6.07) is 15.7. The highest BCUT2D eigenvalue weighted by atomic mass is 19.1. The van der Waals surface area contributed by atoms with E-state index in [1.165, 1.54) is 0 Å². The number of carbonyl (C=O) groups excluding carboxylic acids is 1. The van der Waals surface area contributed by atoms with Crippen molar-refractivity contribution in [3.05, 3.63) is 90.0 Å². The van der Waals surface area contributed by atoms with Gasteiger partial charge in [-0.2, -0.15) is 19.6 Å². The Labute approximate surface area is 262 Å². The number of nitrogens with one attached hydrogen (secondary N) is 1. The molecule has 1 saturated heterocycles. The van der Waals surface area contributed by atoms with Gasteiger partial charge in [0.15, 0.2) is 17.3 Å². The van der Waals surface area contributed by atoms with Crippen molar-refractivity contribution < 1.29 is 13.9 Å². The van der Waals surface area contributed by atoms with Crippen LogP contribution in [0.15, 0.2) is 73.3 Å². The van der Waals surface area contributed by atoms with Crippen LogP contribution in [0.5, 0.6) is 0 Å². The fraction of sp³-hybridized carbons (Fsp3) is 0.343. The minimum Gasteiger partial charge on any atom is -0.381 e. The molecule has 9 nitrogen and oxygen atoms in total. The van der Waals surface area contributed by atoms with Crippen molar-refractivity contribution in [1.29, 1.82) is 0 Å². The Morgan fingerprint density at radius 2 is 1.98 bits per heavy atom. The summed E-state index contributed by atoms with van der Waals surface area (Å²) in [6.45, 7) is 9.60. The van der Waals surface area contributed by atoms with Gasteiger partial charge in [-0.15, -0.1) is 0 Å². The van der Waals surface area contributed by atoms with Crippen LogP contribution in [0.25, 0.3) is 27.7 Å². The van der Waals surface area contributed by atoms with Crippen molar-refractivity contribution in [2.45, 2.75) is 58.1 Å². The Morgan fingerprint density at radius 1 is 1.13 bits per heavy atom. The largest absolute Gasteiger partial charge is 0.381 e. The predicted molar refractivity (Wildman–Crippen MR) is 175 cm³/mol. The van der Waals surface area contributed by atoms with Gasteiger partial charge in [-0.05, 0) is 47.8 Å². The maximum atomic E-state index is 13.3. The molecule has 1 aliphatic heterocycles. The lowest BCUT2D eigenvalue weighted by Crippen LogP contribution is -2.28. The van der Waals surface area contributed by atoms with E-state index in [4.69, 9.17) is 19.7 Å². The Morgan fingerprint density at radius 3 is 2.78 bits per heavy atom. The first-order valence-electron chi connectivity index (χ1n) is 15.4. The first-order valence-corrected chi connectivity index (χ1v) is 15.4. The molecule has 0 spiro atoms. The fourth-order valence-corrected chi connectivity index (χ4v) is 5.96. The molecular formula is C35H38FN7O2. The molecule has 1 aliphatic rings. The smallest absolute Gasteiger partial charge is 0.230 e. The summed E-state index contributed by atoms with van der Waals surface area (Å²) < 4.78 is 20.8. The van der Waals surface area contributed by atoms with Gasteiger partial charge in [-0.1, -0.05) is 62.9 Å². The number of allylic oxidation sites excluding steroid dienone is 1. The van der Waals surface area contributed by atoms with E-state index in [-0.39, 0.29) is 18.4 Å². The van der Waals surface area contributed by atoms with E-state index < -0.39 is 11.6 Å². The number of aromatic nitrogens is 5. The zero-order chi connectivity index (χ0) is 31.5. The number of rotatable bonds is 10.